The molecule has 1 aromatic carbocycles. The third-order valence-corrected chi connectivity index (χ3v) is 2.88. The highest BCUT2D eigenvalue weighted by Gasteiger charge is 2.18. The average Bonchev–Trinajstić information content (AvgIpc) is 2.17. The second kappa shape index (κ2) is 4.51. The van der Waals surface area contributed by atoms with Gasteiger partial charge in [-0.1, -0.05) is 6.42 Å². The molecule has 1 fully saturated rings. The summed E-state index contributed by atoms with van der Waals surface area (Å²) in [4.78, 5) is 10.6. The molecule has 1 aliphatic carbocycles. The molecule has 86 valence electrons. The summed E-state index contributed by atoms with van der Waals surface area (Å²) in [7, 11) is 0. The minimum atomic E-state index is -1.13. The summed E-state index contributed by atoms with van der Waals surface area (Å²) in [6, 6.07) is 3.71. The van der Waals surface area contributed by atoms with E-state index in [1.54, 1.807) is 0 Å². The molecule has 3 nitrogen and oxygen atoms in total. The van der Waals surface area contributed by atoms with Gasteiger partial charge in [0.1, 0.15) is 0 Å². The second-order valence-electron chi connectivity index (χ2n) is 4.06. The van der Waals surface area contributed by atoms with Gasteiger partial charge in [0.25, 0.3) is 0 Å². The standard InChI is InChI=1S/C12H13FO3/c13-10-6-9(12(14)15)4-5-11(10)16-7-8-2-1-3-8/h4-6,8H,1-3,7H2,(H,14,15). The van der Waals surface area contributed by atoms with Crippen molar-refractivity contribution in [2.75, 3.05) is 6.61 Å². The SMILES string of the molecule is O=C(O)c1ccc(OCC2CCC2)c(F)c1. The Morgan fingerprint density at radius 1 is 1.50 bits per heavy atom. The van der Waals surface area contributed by atoms with Crippen molar-refractivity contribution >= 4 is 5.97 Å². The summed E-state index contributed by atoms with van der Waals surface area (Å²) < 4.78 is 18.7. The van der Waals surface area contributed by atoms with Crippen LogP contribution in [0.25, 0.3) is 0 Å². The lowest BCUT2D eigenvalue weighted by Gasteiger charge is -2.25. The Bertz CT molecular complexity index is 399. The monoisotopic (exact) mass is 224 g/mol. The van der Waals surface area contributed by atoms with Crippen LogP contribution in [0.15, 0.2) is 18.2 Å². The van der Waals surface area contributed by atoms with Crippen molar-refractivity contribution < 1.29 is 19.0 Å². The fourth-order valence-corrected chi connectivity index (χ4v) is 1.62. The summed E-state index contributed by atoms with van der Waals surface area (Å²) in [5, 5.41) is 8.66. The smallest absolute Gasteiger partial charge is 0.335 e. The van der Waals surface area contributed by atoms with Crippen molar-refractivity contribution in [2.45, 2.75) is 19.3 Å². The molecule has 2 rings (SSSR count). The highest BCUT2D eigenvalue weighted by Crippen LogP contribution is 2.28. The van der Waals surface area contributed by atoms with Crippen LogP contribution in [-0.4, -0.2) is 17.7 Å². The van der Waals surface area contributed by atoms with E-state index in [1.807, 2.05) is 0 Å². The molecule has 16 heavy (non-hydrogen) atoms. The van der Waals surface area contributed by atoms with E-state index in [-0.39, 0.29) is 11.3 Å². The number of hydrogen-bond donors (Lipinski definition) is 1. The minimum absolute atomic E-state index is 0.0616. The maximum Gasteiger partial charge on any atom is 0.335 e. The molecule has 0 spiro atoms. The molecule has 0 heterocycles. The summed E-state index contributed by atoms with van der Waals surface area (Å²) in [6.07, 6.45) is 3.48. The van der Waals surface area contributed by atoms with E-state index in [9.17, 15) is 9.18 Å². The van der Waals surface area contributed by atoms with Crippen LogP contribution < -0.4 is 4.74 Å². The van der Waals surface area contributed by atoms with Gasteiger partial charge < -0.3 is 9.84 Å². The lowest BCUT2D eigenvalue weighted by Crippen LogP contribution is -2.19. The largest absolute Gasteiger partial charge is 0.490 e. The molecular weight excluding hydrogens is 211 g/mol. The Morgan fingerprint density at radius 2 is 2.25 bits per heavy atom. The van der Waals surface area contributed by atoms with Crippen LogP contribution in [0.1, 0.15) is 29.6 Å². The molecule has 1 aliphatic rings. The molecule has 0 bridgehead atoms. The minimum Gasteiger partial charge on any atom is -0.490 e. The molecule has 1 aromatic rings. The molecule has 0 atom stereocenters. The first-order chi connectivity index (χ1) is 7.66. The van der Waals surface area contributed by atoms with E-state index in [0.717, 1.165) is 18.9 Å². The molecular formula is C12H13FO3. The predicted octanol–water partition coefficient (Wildman–Crippen LogP) is 2.70. The fraction of sp³-hybridized carbons (Fsp3) is 0.417. The van der Waals surface area contributed by atoms with Gasteiger partial charge in [0.2, 0.25) is 0 Å². The zero-order valence-electron chi connectivity index (χ0n) is 8.78. The van der Waals surface area contributed by atoms with E-state index in [4.69, 9.17) is 9.84 Å². The second-order valence-corrected chi connectivity index (χ2v) is 4.06. The molecule has 0 aliphatic heterocycles. The summed E-state index contributed by atoms with van der Waals surface area (Å²) in [5.74, 6) is -1.08. The zero-order valence-corrected chi connectivity index (χ0v) is 8.78. The molecule has 0 saturated heterocycles. The first-order valence-corrected chi connectivity index (χ1v) is 5.32. The van der Waals surface area contributed by atoms with Crippen LogP contribution in [0.5, 0.6) is 5.75 Å². The molecule has 0 radical (unpaired) electrons. The summed E-state index contributed by atoms with van der Waals surface area (Å²) in [6.45, 7) is 0.517. The maximum atomic E-state index is 13.4. The highest BCUT2D eigenvalue weighted by molar-refractivity contribution is 5.87. The summed E-state index contributed by atoms with van der Waals surface area (Å²) in [5.41, 5.74) is -0.0616. The molecule has 0 aromatic heterocycles. The fourth-order valence-electron chi connectivity index (χ4n) is 1.62. The van der Waals surface area contributed by atoms with Crippen molar-refractivity contribution in [2.24, 2.45) is 5.92 Å². The van der Waals surface area contributed by atoms with E-state index in [0.29, 0.717) is 12.5 Å². The van der Waals surface area contributed by atoms with Gasteiger partial charge in [-0.05, 0) is 37.0 Å². The first kappa shape index (κ1) is 10.9. The van der Waals surface area contributed by atoms with Gasteiger partial charge in [-0.25, -0.2) is 9.18 Å². The number of aromatic carboxylic acids is 1. The van der Waals surface area contributed by atoms with E-state index >= 15 is 0 Å². The summed E-state index contributed by atoms with van der Waals surface area (Å²) >= 11 is 0. The van der Waals surface area contributed by atoms with E-state index < -0.39 is 11.8 Å². The van der Waals surface area contributed by atoms with Gasteiger partial charge in [-0.3, -0.25) is 0 Å². The quantitative estimate of drug-likeness (QED) is 0.855. The van der Waals surface area contributed by atoms with Crippen LogP contribution in [0, 0.1) is 11.7 Å². The van der Waals surface area contributed by atoms with Crippen molar-refractivity contribution in [3.63, 3.8) is 0 Å². The van der Waals surface area contributed by atoms with Gasteiger partial charge in [0, 0.05) is 0 Å². The van der Waals surface area contributed by atoms with E-state index in [1.165, 1.54) is 18.6 Å². The number of rotatable bonds is 4. The van der Waals surface area contributed by atoms with Crippen LogP contribution in [-0.2, 0) is 0 Å². The molecule has 1 saturated carbocycles. The zero-order chi connectivity index (χ0) is 11.5. The first-order valence-electron chi connectivity index (χ1n) is 5.32. The molecule has 1 N–H and O–H groups in total. The van der Waals surface area contributed by atoms with Crippen LogP contribution in [0.4, 0.5) is 4.39 Å². The Balaban J connectivity index is 2.00. The van der Waals surface area contributed by atoms with Gasteiger partial charge in [-0.2, -0.15) is 0 Å². The number of carboxylic acids is 1. The number of carboxylic acid groups (broad SMARTS) is 1. The highest BCUT2D eigenvalue weighted by atomic mass is 19.1. The Hall–Kier alpha value is -1.58. The van der Waals surface area contributed by atoms with Gasteiger partial charge in [-0.15, -0.1) is 0 Å². The number of halogens is 1. The Kier molecular flexibility index (Phi) is 3.08. The maximum absolute atomic E-state index is 13.4. The predicted molar refractivity (Wildman–Crippen MR) is 56.2 cm³/mol. The van der Waals surface area contributed by atoms with Gasteiger partial charge in [0.15, 0.2) is 11.6 Å². The Labute approximate surface area is 92.9 Å². The molecule has 0 amide bonds. The van der Waals surface area contributed by atoms with Crippen molar-refractivity contribution in [3.8, 4) is 5.75 Å². The number of carbonyl (C=O) groups is 1. The third kappa shape index (κ3) is 2.32. The van der Waals surface area contributed by atoms with Gasteiger partial charge >= 0.3 is 5.97 Å². The van der Waals surface area contributed by atoms with Crippen LogP contribution >= 0.6 is 0 Å². The number of ether oxygens (including phenoxy) is 1. The third-order valence-electron chi connectivity index (χ3n) is 2.88. The Morgan fingerprint density at radius 3 is 2.75 bits per heavy atom. The van der Waals surface area contributed by atoms with Crippen LogP contribution in [0.2, 0.25) is 0 Å². The average molecular weight is 224 g/mol. The lowest BCUT2D eigenvalue weighted by atomic mass is 9.86. The van der Waals surface area contributed by atoms with Crippen molar-refractivity contribution in [1.29, 1.82) is 0 Å². The lowest BCUT2D eigenvalue weighted by molar-refractivity contribution is 0.0696. The van der Waals surface area contributed by atoms with E-state index in [2.05, 4.69) is 0 Å². The van der Waals surface area contributed by atoms with Crippen molar-refractivity contribution in [3.05, 3.63) is 29.6 Å². The molecule has 0 unspecified atom stereocenters. The molecule has 4 heteroatoms. The van der Waals surface area contributed by atoms with Crippen LogP contribution in [0.3, 0.4) is 0 Å². The normalized spacial score (nSPS) is 15.6. The van der Waals surface area contributed by atoms with Gasteiger partial charge in [0.05, 0.1) is 12.2 Å². The number of hydrogen-bond acceptors (Lipinski definition) is 2. The number of benzene rings is 1. The topological polar surface area (TPSA) is 46.5 Å². The van der Waals surface area contributed by atoms with Crippen molar-refractivity contribution in [1.82, 2.24) is 0 Å².